The zero-order chi connectivity index (χ0) is 12.7. The van der Waals surface area contributed by atoms with Crippen LogP contribution in [-0.2, 0) is 20.8 Å². The molecule has 0 aliphatic carbocycles. The molecule has 0 N–H and O–H groups in total. The second-order valence-corrected chi connectivity index (χ2v) is 5.41. The van der Waals surface area contributed by atoms with Crippen molar-refractivity contribution in [2.45, 2.75) is 45.6 Å². The number of ether oxygens (including phenoxy) is 1. The maximum atomic E-state index is 6.00. The van der Waals surface area contributed by atoms with Gasteiger partial charge in [-0.3, -0.25) is 0 Å². The van der Waals surface area contributed by atoms with Crippen LogP contribution < -0.4 is 5.59 Å². The SMILES string of the molecule is COCn1cccc1B1OC(C)(C)C(C)(C)O1. The highest BCUT2D eigenvalue weighted by Crippen LogP contribution is 2.36. The molecule has 0 unspecified atom stereocenters. The summed E-state index contributed by atoms with van der Waals surface area (Å²) in [7, 11) is 1.35. The predicted molar refractivity (Wildman–Crippen MR) is 67.2 cm³/mol. The van der Waals surface area contributed by atoms with Gasteiger partial charge in [0.05, 0.1) is 16.8 Å². The molecule has 17 heavy (non-hydrogen) atoms. The van der Waals surface area contributed by atoms with Crippen molar-refractivity contribution < 1.29 is 14.0 Å². The molecular weight excluding hydrogens is 217 g/mol. The zero-order valence-electron chi connectivity index (χ0n) is 11.2. The average molecular weight is 237 g/mol. The van der Waals surface area contributed by atoms with Gasteiger partial charge in [-0.25, -0.2) is 0 Å². The van der Waals surface area contributed by atoms with Crippen LogP contribution >= 0.6 is 0 Å². The van der Waals surface area contributed by atoms with Crippen molar-refractivity contribution in [1.29, 1.82) is 0 Å². The van der Waals surface area contributed by atoms with E-state index in [2.05, 4.69) is 27.7 Å². The molecule has 0 saturated carbocycles. The standard InChI is InChI=1S/C12H20BNO3/c1-11(2)12(3,4)17-13(16-11)10-7-6-8-14(10)9-15-5/h6-8H,9H2,1-5H3. The van der Waals surface area contributed by atoms with Crippen LogP contribution in [0.2, 0.25) is 0 Å². The van der Waals surface area contributed by atoms with Gasteiger partial charge in [0.25, 0.3) is 0 Å². The lowest BCUT2D eigenvalue weighted by molar-refractivity contribution is 0.00578. The maximum Gasteiger partial charge on any atom is 0.512 e. The highest BCUT2D eigenvalue weighted by atomic mass is 16.7. The first-order chi connectivity index (χ1) is 7.87. The Bertz CT molecular complexity index is 384. The van der Waals surface area contributed by atoms with E-state index < -0.39 is 0 Å². The fourth-order valence-electron chi connectivity index (χ4n) is 1.86. The summed E-state index contributed by atoms with van der Waals surface area (Å²) in [4.78, 5) is 0. The third kappa shape index (κ3) is 2.15. The summed E-state index contributed by atoms with van der Waals surface area (Å²) in [6.07, 6.45) is 1.96. The van der Waals surface area contributed by atoms with Crippen molar-refractivity contribution >= 4 is 12.7 Å². The third-order valence-corrected chi connectivity index (χ3v) is 3.63. The molecule has 0 aromatic carbocycles. The molecule has 1 fully saturated rings. The molecule has 4 nitrogen and oxygen atoms in total. The molecule has 1 aliphatic rings. The number of hydrogen-bond acceptors (Lipinski definition) is 3. The lowest BCUT2D eigenvalue weighted by atomic mass is 9.85. The summed E-state index contributed by atoms with van der Waals surface area (Å²) in [5.41, 5.74) is 0.380. The van der Waals surface area contributed by atoms with E-state index in [0.29, 0.717) is 6.73 Å². The van der Waals surface area contributed by atoms with Gasteiger partial charge in [-0.1, -0.05) is 0 Å². The van der Waals surface area contributed by atoms with E-state index in [1.807, 2.05) is 22.9 Å². The van der Waals surface area contributed by atoms with Crippen molar-refractivity contribution in [2.75, 3.05) is 7.11 Å². The van der Waals surface area contributed by atoms with Crippen LogP contribution in [0.1, 0.15) is 27.7 Å². The smallest absolute Gasteiger partial charge is 0.398 e. The van der Waals surface area contributed by atoms with Gasteiger partial charge < -0.3 is 18.6 Å². The van der Waals surface area contributed by atoms with Gasteiger partial charge in [0.1, 0.15) is 6.73 Å². The van der Waals surface area contributed by atoms with Crippen molar-refractivity contribution in [1.82, 2.24) is 4.57 Å². The second kappa shape index (κ2) is 4.16. The molecule has 0 spiro atoms. The monoisotopic (exact) mass is 237 g/mol. The van der Waals surface area contributed by atoms with E-state index in [1.54, 1.807) is 7.11 Å². The van der Waals surface area contributed by atoms with Crippen LogP contribution in [0.5, 0.6) is 0 Å². The Morgan fingerprint density at radius 2 is 1.82 bits per heavy atom. The van der Waals surface area contributed by atoms with Crippen LogP contribution in [0, 0.1) is 0 Å². The zero-order valence-corrected chi connectivity index (χ0v) is 11.2. The van der Waals surface area contributed by atoms with Crippen molar-refractivity contribution in [3.63, 3.8) is 0 Å². The van der Waals surface area contributed by atoms with Gasteiger partial charge in [-0.05, 0) is 39.8 Å². The van der Waals surface area contributed by atoms with E-state index in [-0.39, 0.29) is 18.3 Å². The Balaban J connectivity index is 2.23. The van der Waals surface area contributed by atoms with E-state index in [4.69, 9.17) is 14.0 Å². The van der Waals surface area contributed by atoms with Crippen LogP contribution in [-0.4, -0.2) is 30.0 Å². The number of methoxy groups -OCH3 is 1. The molecular formula is C12H20BNO3. The van der Waals surface area contributed by atoms with E-state index >= 15 is 0 Å². The Labute approximate surface area is 103 Å². The first-order valence-corrected chi connectivity index (χ1v) is 5.87. The Kier molecular flexibility index (Phi) is 3.10. The summed E-state index contributed by atoms with van der Waals surface area (Å²) in [5, 5.41) is 0. The lowest BCUT2D eigenvalue weighted by Crippen LogP contribution is -2.41. The van der Waals surface area contributed by atoms with Crippen molar-refractivity contribution in [3.8, 4) is 0 Å². The molecule has 2 rings (SSSR count). The van der Waals surface area contributed by atoms with Gasteiger partial charge >= 0.3 is 7.12 Å². The fraction of sp³-hybridized carbons (Fsp3) is 0.667. The summed E-state index contributed by atoms with van der Waals surface area (Å²) in [5.74, 6) is 0. The lowest BCUT2D eigenvalue weighted by Gasteiger charge is -2.32. The fourth-order valence-corrected chi connectivity index (χ4v) is 1.86. The molecule has 2 heterocycles. The predicted octanol–water partition coefficient (Wildman–Crippen LogP) is 1.39. The minimum Gasteiger partial charge on any atom is -0.398 e. The number of rotatable bonds is 3. The quantitative estimate of drug-likeness (QED) is 0.744. The normalized spacial score (nSPS) is 22.1. The Morgan fingerprint density at radius 3 is 2.35 bits per heavy atom. The van der Waals surface area contributed by atoms with Crippen LogP contribution in [0.3, 0.4) is 0 Å². The number of nitrogens with zero attached hydrogens (tertiary/aromatic N) is 1. The van der Waals surface area contributed by atoms with Crippen LogP contribution in [0.15, 0.2) is 18.3 Å². The van der Waals surface area contributed by atoms with Gasteiger partial charge in [0, 0.05) is 13.3 Å². The topological polar surface area (TPSA) is 32.6 Å². The van der Waals surface area contributed by atoms with E-state index in [0.717, 1.165) is 5.59 Å². The van der Waals surface area contributed by atoms with Gasteiger partial charge in [-0.2, -0.15) is 0 Å². The maximum absolute atomic E-state index is 6.00. The molecule has 1 aliphatic heterocycles. The summed E-state index contributed by atoms with van der Waals surface area (Å²) in [6.45, 7) is 8.72. The molecule has 0 amide bonds. The number of aromatic nitrogens is 1. The van der Waals surface area contributed by atoms with E-state index in [9.17, 15) is 0 Å². The molecule has 5 heteroatoms. The molecule has 1 aromatic heterocycles. The Hall–Kier alpha value is -0.775. The van der Waals surface area contributed by atoms with Gasteiger partial charge in [0.2, 0.25) is 0 Å². The molecule has 1 saturated heterocycles. The summed E-state index contributed by atoms with van der Waals surface area (Å²) in [6, 6.07) is 3.97. The minimum absolute atomic E-state index is 0.306. The molecule has 1 aromatic rings. The molecule has 0 atom stereocenters. The van der Waals surface area contributed by atoms with Crippen LogP contribution in [0.25, 0.3) is 0 Å². The van der Waals surface area contributed by atoms with Crippen molar-refractivity contribution in [3.05, 3.63) is 18.3 Å². The highest BCUT2D eigenvalue weighted by Gasteiger charge is 2.52. The van der Waals surface area contributed by atoms with Crippen molar-refractivity contribution in [2.24, 2.45) is 0 Å². The number of hydrogen-bond donors (Lipinski definition) is 0. The average Bonchev–Trinajstić information content (AvgIpc) is 2.71. The first kappa shape index (κ1) is 12.7. The molecule has 94 valence electrons. The molecule has 0 bridgehead atoms. The third-order valence-electron chi connectivity index (χ3n) is 3.63. The van der Waals surface area contributed by atoms with Gasteiger partial charge in [-0.15, -0.1) is 0 Å². The van der Waals surface area contributed by atoms with Crippen LogP contribution in [0.4, 0.5) is 0 Å². The minimum atomic E-state index is -0.329. The van der Waals surface area contributed by atoms with E-state index in [1.165, 1.54) is 0 Å². The van der Waals surface area contributed by atoms with Gasteiger partial charge in [0.15, 0.2) is 0 Å². The highest BCUT2D eigenvalue weighted by molar-refractivity contribution is 6.61. The summed E-state index contributed by atoms with van der Waals surface area (Å²) >= 11 is 0. The second-order valence-electron chi connectivity index (χ2n) is 5.41. The molecule has 0 radical (unpaired) electrons. The first-order valence-electron chi connectivity index (χ1n) is 5.87. The Morgan fingerprint density at radius 1 is 1.24 bits per heavy atom. The summed E-state index contributed by atoms with van der Waals surface area (Å²) < 4.78 is 19.1. The largest absolute Gasteiger partial charge is 0.512 e.